The molecule has 1 unspecified atom stereocenters. The van der Waals surface area contributed by atoms with Crippen LogP contribution < -0.4 is 0 Å². The van der Waals surface area contributed by atoms with Crippen molar-refractivity contribution in [2.75, 3.05) is 0 Å². The summed E-state index contributed by atoms with van der Waals surface area (Å²) in [5, 5.41) is 10.1. The second-order valence-electron chi connectivity index (χ2n) is 5.57. The minimum absolute atomic E-state index is 0.0971. The van der Waals surface area contributed by atoms with Crippen LogP contribution in [0, 0.1) is 11.8 Å². The van der Waals surface area contributed by atoms with Crippen LogP contribution in [0.4, 0.5) is 0 Å². The first-order valence-electron chi connectivity index (χ1n) is 6.68. The van der Waals surface area contributed by atoms with Crippen molar-refractivity contribution in [1.29, 1.82) is 0 Å². The molecule has 0 aromatic carbocycles. The maximum absolute atomic E-state index is 11.8. The van der Waals surface area contributed by atoms with Gasteiger partial charge in [0, 0.05) is 17.9 Å². The molecule has 1 aliphatic carbocycles. The van der Waals surface area contributed by atoms with Crippen LogP contribution in [0.3, 0.4) is 0 Å². The molecule has 1 aliphatic heterocycles. The highest BCUT2D eigenvalue weighted by atomic mass is 16.6. The lowest BCUT2D eigenvalue weighted by molar-refractivity contribution is -0.142. The van der Waals surface area contributed by atoms with Crippen molar-refractivity contribution in [3.63, 3.8) is 0 Å². The highest BCUT2D eigenvalue weighted by Crippen LogP contribution is 2.35. The Hall–Kier alpha value is -1.42. The molecule has 1 saturated heterocycles. The fourth-order valence-corrected chi connectivity index (χ4v) is 2.70. The van der Waals surface area contributed by atoms with Gasteiger partial charge in [-0.1, -0.05) is 19.1 Å². The zero-order valence-electron chi connectivity index (χ0n) is 11.4. The van der Waals surface area contributed by atoms with Gasteiger partial charge < -0.3 is 9.84 Å². The van der Waals surface area contributed by atoms with Gasteiger partial charge in [0.15, 0.2) is 5.78 Å². The fourth-order valence-electron chi connectivity index (χ4n) is 2.70. The molecule has 104 valence electrons. The Bertz CT molecular complexity index is 449. The molecule has 0 saturated carbocycles. The van der Waals surface area contributed by atoms with E-state index in [0.29, 0.717) is 19.3 Å². The van der Waals surface area contributed by atoms with Gasteiger partial charge in [-0.15, -0.1) is 0 Å². The smallest absolute Gasteiger partial charge is 0.309 e. The number of carbonyl (C=O) groups excluding carboxylic acids is 2. The van der Waals surface area contributed by atoms with Crippen LogP contribution in [0.25, 0.3) is 0 Å². The summed E-state index contributed by atoms with van der Waals surface area (Å²) in [6.45, 7) is 7.43. The van der Waals surface area contributed by atoms with Crippen molar-refractivity contribution >= 4 is 11.8 Å². The quantitative estimate of drug-likeness (QED) is 0.411. The van der Waals surface area contributed by atoms with Gasteiger partial charge in [0.1, 0.15) is 6.10 Å². The lowest BCUT2D eigenvalue weighted by atomic mass is 9.82. The third kappa shape index (κ3) is 2.78. The van der Waals surface area contributed by atoms with Crippen molar-refractivity contribution < 1.29 is 19.4 Å². The summed E-state index contributed by atoms with van der Waals surface area (Å²) in [6, 6.07) is 0. The molecule has 4 heteroatoms. The number of carbonyl (C=O) groups is 2. The number of aliphatic hydroxyl groups is 1. The summed E-state index contributed by atoms with van der Waals surface area (Å²) in [6.07, 6.45) is 2.03. The van der Waals surface area contributed by atoms with Gasteiger partial charge in [-0.3, -0.25) is 9.59 Å². The fraction of sp³-hybridized carbons (Fsp3) is 0.600. The molecule has 0 amide bonds. The van der Waals surface area contributed by atoms with Gasteiger partial charge in [0.2, 0.25) is 0 Å². The molecule has 2 rings (SSSR count). The van der Waals surface area contributed by atoms with Crippen LogP contribution in [0.15, 0.2) is 23.8 Å². The van der Waals surface area contributed by atoms with Gasteiger partial charge in [-0.25, -0.2) is 0 Å². The molecular formula is C15H20O4. The highest BCUT2D eigenvalue weighted by Gasteiger charge is 2.42. The normalized spacial score (nSPS) is 39.3. The first kappa shape index (κ1) is 14.0. The number of fused-ring (bicyclic) bond motifs is 1. The van der Waals surface area contributed by atoms with E-state index in [4.69, 9.17) is 4.74 Å². The molecule has 0 aromatic rings. The van der Waals surface area contributed by atoms with Gasteiger partial charge >= 0.3 is 5.97 Å². The second kappa shape index (κ2) is 5.29. The third-order valence-corrected chi connectivity index (χ3v) is 4.14. The molecule has 1 heterocycles. The summed E-state index contributed by atoms with van der Waals surface area (Å²) < 4.78 is 5.35. The zero-order chi connectivity index (χ0) is 14.2. The molecule has 0 bridgehead atoms. The molecule has 19 heavy (non-hydrogen) atoms. The van der Waals surface area contributed by atoms with Crippen molar-refractivity contribution in [3.05, 3.63) is 23.8 Å². The maximum Gasteiger partial charge on any atom is 0.309 e. The van der Waals surface area contributed by atoms with E-state index in [1.807, 2.05) is 13.0 Å². The van der Waals surface area contributed by atoms with E-state index in [9.17, 15) is 14.7 Å². The number of aliphatic hydroxyl groups excluding tert-OH is 1. The second-order valence-corrected chi connectivity index (χ2v) is 5.57. The molecule has 1 fully saturated rings. The van der Waals surface area contributed by atoms with E-state index >= 15 is 0 Å². The third-order valence-electron chi connectivity index (χ3n) is 4.14. The van der Waals surface area contributed by atoms with E-state index in [-0.39, 0.29) is 35.3 Å². The minimum atomic E-state index is -0.885. The Kier molecular flexibility index (Phi) is 3.90. The number of ether oxygens (including phenoxy) is 1. The summed E-state index contributed by atoms with van der Waals surface area (Å²) in [5.74, 6) is -0.690. The van der Waals surface area contributed by atoms with Crippen molar-refractivity contribution in [1.82, 2.24) is 0 Å². The molecule has 1 N–H and O–H groups in total. The molecule has 4 atom stereocenters. The Labute approximate surface area is 113 Å². The molecular weight excluding hydrogens is 244 g/mol. The molecule has 0 spiro atoms. The first-order valence-corrected chi connectivity index (χ1v) is 6.68. The predicted octanol–water partition coefficient (Wildman–Crippen LogP) is 1.78. The Morgan fingerprint density at radius 2 is 2.05 bits per heavy atom. The van der Waals surface area contributed by atoms with Crippen LogP contribution in [-0.4, -0.2) is 29.1 Å². The molecule has 0 aromatic heterocycles. The Morgan fingerprint density at radius 3 is 2.74 bits per heavy atom. The topological polar surface area (TPSA) is 63.6 Å². The van der Waals surface area contributed by atoms with E-state index in [1.54, 1.807) is 6.92 Å². The van der Waals surface area contributed by atoms with E-state index in [0.717, 1.165) is 5.57 Å². The van der Waals surface area contributed by atoms with E-state index in [1.165, 1.54) is 0 Å². The van der Waals surface area contributed by atoms with Crippen molar-refractivity contribution in [2.24, 2.45) is 11.8 Å². The number of hydrogen-bond acceptors (Lipinski definition) is 4. The standard InChI is InChI=1S/C15H20O4/c1-8-4-5-12(16)10(3)13(17)7-11-9(2)15(18)19-14(11)6-8/h6,9,11,13-14,17H,3-5,7H2,1-2H3/b8-6+/t9-,11?,13-,14+/m0/s1. The number of rotatable bonds is 0. The van der Waals surface area contributed by atoms with Gasteiger partial charge in [0.25, 0.3) is 0 Å². The number of ketones is 1. The zero-order valence-corrected chi connectivity index (χ0v) is 11.4. The summed E-state index contributed by atoms with van der Waals surface area (Å²) >= 11 is 0. The van der Waals surface area contributed by atoms with Gasteiger partial charge in [0.05, 0.1) is 12.0 Å². The number of hydrogen-bond donors (Lipinski definition) is 1. The first-order chi connectivity index (χ1) is 8.90. The largest absolute Gasteiger partial charge is 0.458 e. The van der Waals surface area contributed by atoms with E-state index in [2.05, 4.69) is 6.58 Å². The average Bonchev–Trinajstić information content (AvgIpc) is 2.62. The highest BCUT2D eigenvalue weighted by molar-refractivity contribution is 5.95. The number of allylic oxidation sites excluding steroid dienone is 1. The maximum atomic E-state index is 11.8. The SMILES string of the molecule is C=C1C(=O)CC/C(C)=C/[C@H]2OC(=O)[C@@H](C)C2C[C@@H]1O. The van der Waals surface area contributed by atoms with Crippen molar-refractivity contribution in [2.45, 2.75) is 45.3 Å². The predicted molar refractivity (Wildman–Crippen MR) is 70.3 cm³/mol. The van der Waals surface area contributed by atoms with Crippen LogP contribution in [0.2, 0.25) is 0 Å². The van der Waals surface area contributed by atoms with Gasteiger partial charge in [-0.05, 0) is 25.8 Å². The van der Waals surface area contributed by atoms with Gasteiger partial charge in [-0.2, -0.15) is 0 Å². The van der Waals surface area contributed by atoms with Crippen LogP contribution in [-0.2, 0) is 14.3 Å². The van der Waals surface area contributed by atoms with Crippen LogP contribution >= 0.6 is 0 Å². The lowest BCUT2D eigenvalue weighted by Crippen LogP contribution is -2.28. The average molecular weight is 264 g/mol. The Morgan fingerprint density at radius 1 is 1.37 bits per heavy atom. The summed E-state index contributed by atoms with van der Waals surface area (Å²) in [4.78, 5) is 23.5. The lowest BCUT2D eigenvalue weighted by Gasteiger charge is -2.23. The molecule has 4 nitrogen and oxygen atoms in total. The minimum Gasteiger partial charge on any atom is -0.458 e. The number of esters is 1. The molecule has 0 radical (unpaired) electrons. The summed E-state index contributed by atoms with van der Waals surface area (Å²) in [5.41, 5.74) is 1.29. The molecule has 2 aliphatic rings. The van der Waals surface area contributed by atoms with Crippen LogP contribution in [0.1, 0.15) is 33.1 Å². The monoisotopic (exact) mass is 264 g/mol. The number of Topliss-reactive ketones (excluding diaryl/α,β-unsaturated/α-hetero) is 1. The van der Waals surface area contributed by atoms with E-state index < -0.39 is 6.10 Å². The van der Waals surface area contributed by atoms with Crippen LogP contribution in [0.5, 0.6) is 0 Å². The Balaban J connectivity index is 2.30. The van der Waals surface area contributed by atoms with Crippen molar-refractivity contribution in [3.8, 4) is 0 Å². The summed E-state index contributed by atoms with van der Waals surface area (Å²) in [7, 11) is 0.